The molecule has 78 valence electrons. The minimum atomic E-state index is -4.74. The summed E-state index contributed by atoms with van der Waals surface area (Å²) in [4.78, 5) is 12.2. The summed E-state index contributed by atoms with van der Waals surface area (Å²) in [5, 5.41) is 18.6. The number of rotatable bonds is 1. The molecule has 0 fully saturated rings. The number of alkyl halides is 3. The molecule has 0 aliphatic carbocycles. The van der Waals surface area contributed by atoms with E-state index in [4.69, 9.17) is 5.26 Å². The van der Waals surface area contributed by atoms with E-state index in [1.807, 2.05) is 0 Å². The molecule has 0 amide bonds. The number of hydrogen-bond donors (Lipinski definition) is 0. The van der Waals surface area contributed by atoms with E-state index in [1.165, 1.54) is 6.07 Å². The Morgan fingerprint density at radius 2 is 2.13 bits per heavy atom. The zero-order valence-electron chi connectivity index (χ0n) is 6.95. The highest BCUT2D eigenvalue weighted by molar-refractivity contribution is 5.42. The molecule has 0 aromatic carbocycles. The number of hydrogen-bond acceptors (Lipinski definition) is 4. The Bertz CT molecular complexity index is 450. The summed E-state index contributed by atoms with van der Waals surface area (Å²) in [6, 6.07) is 1.72. The van der Waals surface area contributed by atoms with Gasteiger partial charge in [0.25, 0.3) is 0 Å². The molecule has 0 radical (unpaired) electrons. The fourth-order valence-corrected chi connectivity index (χ4v) is 0.863. The Kier molecular flexibility index (Phi) is 2.57. The Balaban J connectivity index is 3.36. The first-order chi connectivity index (χ1) is 6.86. The number of aromatic nitrogens is 1. The second-order valence-electron chi connectivity index (χ2n) is 2.45. The molecular formula is C7H2F3N3O2. The van der Waals surface area contributed by atoms with E-state index in [0.717, 1.165) is 0 Å². The van der Waals surface area contributed by atoms with E-state index in [9.17, 15) is 23.3 Å². The second-order valence-corrected chi connectivity index (χ2v) is 2.45. The SMILES string of the molecule is N#Cc1cc([N+](=O)[O-])ncc1C(F)(F)F. The molecule has 0 spiro atoms. The molecule has 1 rings (SSSR count). The maximum absolute atomic E-state index is 12.2. The van der Waals surface area contributed by atoms with Crippen molar-refractivity contribution in [2.75, 3.05) is 0 Å². The predicted molar refractivity (Wildman–Crippen MR) is 40.6 cm³/mol. The molecule has 0 saturated heterocycles. The van der Waals surface area contributed by atoms with Crippen LogP contribution in [0.25, 0.3) is 0 Å². The van der Waals surface area contributed by atoms with Gasteiger partial charge in [-0.1, -0.05) is 0 Å². The van der Waals surface area contributed by atoms with Gasteiger partial charge >= 0.3 is 12.0 Å². The molecule has 5 nitrogen and oxygen atoms in total. The van der Waals surface area contributed by atoms with Crippen LogP contribution in [0.1, 0.15) is 11.1 Å². The maximum atomic E-state index is 12.2. The molecule has 0 N–H and O–H groups in total. The van der Waals surface area contributed by atoms with Crippen molar-refractivity contribution in [1.82, 2.24) is 4.98 Å². The third-order valence-corrected chi connectivity index (χ3v) is 1.50. The summed E-state index contributed by atoms with van der Waals surface area (Å²) < 4.78 is 36.6. The Hall–Kier alpha value is -2.17. The highest BCUT2D eigenvalue weighted by Gasteiger charge is 2.36. The molecular weight excluding hydrogens is 215 g/mol. The van der Waals surface area contributed by atoms with Gasteiger partial charge in [-0.15, -0.1) is 0 Å². The van der Waals surface area contributed by atoms with E-state index in [2.05, 4.69) is 4.98 Å². The van der Waals surface area contributed by atoms with E-state index in [-0.39, 0.29) is 6.20 Å². The Morgan fingerprint density at radius 3 is 2.53 bits per heavy atom. The number of nitrogens with zero attached hydrogens (tertiary/aromatic N) is 3. The van der Waals surface area contributed by atoms with Crippen LogP contribution in [0.3, 0.4) is 0 Å². The molecule has 1 aromatic heterocycles. The van der Waals surface area contributed by atoms with Crippen molar-refractivity contribution in [3.8, 4) is 6.07 Å². The van der Waals surface area contributed by atoms with Crippen LogP contribution < -0.4 is 0 Å². The summed E-state index contributed by atoms with van der Waals surface area (Å²) in [6.45, 7) is 0. The van der Waals surface area contributed by atoms with Crippen molar-refractivity contribution in [1.29, 1.82) is 5.26 Å². The predicted octanol–water partition coefficient (Wildman–Crippen LogP) is 1.88. The van der Waals surface area contributed by atoms with Crippen LogP contribution >= 0.6 is 0 Å². The van der Waals surface area contributed by atoms with Gasteiger partial charge in [0, 0.05) is 0 Å². The quantitative estimate of drug-likeness (QED) is 0.531. The standard InChI is InChI=1S/C7H2F3N3O2/c8-7(9,10)5-3-12-6(13(14)15)1-4(5)2-11/h1,3H. The summed E-state index contributed by atoms with van der Waals surface area (Å²) in [5.74, 6) is -0.792. The topological polar surface area (TPSA) is 79.8 Å². The molecule has 0 unspecified atom stereocenters. The normalized spacial score (nSPS) is 10.8. The van der Waals surface area contributed by atoms with Gasteiger partial charge in [-0.3, -0.25) is 0 Å². The highest BCUT2D eigenvalue weighted by atomic mass is 19.4. The lowest BCUT2D eigenvalue weighted by Crippen LogP contribution is -2.09. The minimum Gasteiger partial charge on any atom is -0.358 e. The molecule has 0 saturated carbocycles. The van der Waals surface area contributed by atoms with Crippen LogP contribution in [0.15, 0.2) is 12.3 Å². The number of nitriles is 1. The Labute approximate surface area is 80.9 Å². The Morgan fingerprint density at radius 1 is 1.53 bits per heavy atom. The van der Waals surface area contributed by atoms with Crippen LogP contribution in [-0.4, -0.2) is 9.91 Å². The van der Waals surface area contributed by atoms with Gasteiger partial charge in [0.2, 0.25) is 0 Å². The second kappa shape index (κ2) is 3.53. The van der Waals surface area contributed by atoms with Crippen LogP contribution in [0, 0.1) is 21.4 Å². The molecule has 1 heterocycles. The van der Waals surface area contributed by atoms with E-state index < -0.39 is 28.0 Å². The molecule has 0 atom stereocenters. The molecule has 15 heavy (non-hydrogen) atoms. The zero-order valence-corrected chi connectivity index (χ0v) is 6.95. The molecule has 0 aliphatic heterocycles. The minimum absolute atomic E-state index is 0.274. The van der Waals surface area contributed by atoms with Crippen molar-refractivity contribution >= 4 is 5.82 Å². The molecule has 1 aromatic rings. The lowest BCUT2D eigenvalue weighted by Gasteiger charge is -2.05. The average molecular weight is 217 g/mol. The summed E-state index contributed by atoms with van der Waals surface area (Å²) in [5.41, 5.74) is -2.10. The van der Waals surface area contributed by atoms with Crippen LogP contribution in [0.4, 0.5) is 19.0 Å². The zero-order chi connectivity index (χ0) is 11.6. The summed E-state index contributed by atoms with van der Waals surface area (Å²) in [7, 11) is 0. The van der Waals surface area contributed by atoms with Crippen molar-refractivity contribution in [2.45, 2.75) is 6.18 Å². The van der Waals surface area contributed by atoms with Crippen molar-refractivity contribution < 1.29 is 18.1 Å². The molecule has 0 aliphatic rings. The maximum Gasteiger partial charge on any atom is 0.421 e. The highest BCUT2D eigenvalue weighted by Crippen LogP contribution is 2.32. The van der Waals surface area contributed by atoms with Gasteiger partial charge in [-0.05, 0) is 9.91 Å². The van der Waals surface area contributed by atoms with E-state index in [1.54, 1.807) is 0 Å². The van der Waals surface area contributed by atoms with Crippen LogP contribution in [0.5, 0.6) is 0 Å². The fraction of sp³-hybridized carbons (Fsp3) is 0.143. The third kappa shape index (κ3) is 2.19. The van der Waals surface area contributed by atoms with Gasteiger partial charge < -0.3 is 10.1 Å². The van der Waals surface area contributed by atoms with Gasteiger partial charge in [-0.25, -0.2) is 0 Å². The van der Waals surface area contributed by atoms with Crippen molar-refractivity contribution in [3.05, 3.63) is 33.5 Å². The number of nitro groups is 1. The smallest absolute Gasteiger partial charge is 0.358 e. The van der Waals surface area contributed by atoms with Gasteiger partial charge in [-0.2, -0.15) is 18.4 Å². The lowest BCUT2D eigenvalue weighted by molar-refractivity contribution is -0.389. The van der Waals surface area contributed by atoms with E-state index in [0.29, 0.717) is 6.07 Å². The number of pyridine rings is 1. The van der Waals surface area contributed by atoms with E-state index >= 15 is 0 Å². The summed E-state index contributed by atoms with van der Waals surface area (Å²) in [6.07, 6.45) is -4.47. The average Bonchev–Trinajstić information content (AvgIpc) is 2.15. The first-order valence-corrected chi connectivity index (χ1v) is 3.48. The molecule has 0 bridgehead atoms. The first kappa shape index (κ1) is 10.9. The van der Waals surface area contributed by atoms with Crippen LogP contribution in [-0.2, 0) is 6.18 Å². The van der Waals surface area contributed by atoms with Gasteiger partial charge in [0.15, 0.2) is 6.20 Å². The summed E-state index contributed by atoms with van der Waals surface area (Å²) >= 11 is 0. The largest absolute Gasteiger partial charge is 0.421 e. The molecule has 8 heteroatoms. The first-order valence-electron chi connectivity index (χ1n) is 3.48. The van der Waals surface area contributed by atoms with Crippen LogP contribution in [0.2, 0.25) is 0 Å². The van der Waals surface area contributed by atoms with Gasteiger partial charge in [0.1, 0.15) is 11.6 Å². The lowest BCUT2D eigenvalue weighted by atomic mass is 10.1. The fourth-order valence-electron chi connectivity index (χ4n) is 0.863. The monoisotopic (exact) mass is 217 g/mol. The van der Waals surface area contributed by atoms with Crippen molar-refractivity contribution in [2.24, 2.45) is 0 Å². The number of halogens is 3. The third-order valence-electron chi connectivity index (χ3n) is 1.50. The van der Waals surface area contributed by atoms with Crippen molar-refractivity contribution in [3.63, 3.8) is 0 Å². The van der Waals surface area contributed by atoms with Gasteiger partial charge in [0.05, 0.1) is 11.6 Å².